The minimum atomic E-state index is 1.07. The Kier molecular flexibility index (Phi) is 5.68. The van der Waals surface area contributed by atoms with Crippen LogP contribution in [-0.2, 0) is 0 Å². The molecule has 0 bridgehead atoms. The summed E-state index contributed by atoms with van der Waals surface area (Å²) in [6.07, 6.45) is 0. The van der Waals surface area contributed by atoms with Gasteiger partial charge >= 0.3 is 0 Å². The standard InChI is InChI=1S/C36H24BrN/c37-30-14-18-32(19-15-30)38-31-16-9-25(10-17-31)24-5-7-26(8-6-24)28-12-20-34-29(23-28)13-22-35-33-4-2-1-3-27(33)11-21-36(34)35/h1-23,38H. The summed E-state index contributed by atoms with van der Waals surface area (Å²) in [5.74, 6) is 0. The molecule has 180 valence electrons. The second-order valence-electron chi connectivity index (χ2n) is 9.67. The molecule has 2 heteroatoms. The van der Waals surface area contributed by atoms with Gasteiger partial charge in [-0.3, -0.25) is 0 Å². The van der Waals surface area contributed by atoms with Gasteiger partial charge in [0, 0.05) is 15.8 Å². The summed E-state index contributed by atoms with van der Waals surface area (Å²) in [5, 5.41) is 11.2. The first-order chi connectivity index (χ1) is 18.7. The van der Waals surface area contributed by atoms with E-state index in [-0.39, 0.29) is 0 Å². The Balaban J connectivity index is 1.15. The number of hydrogen-bond donors (Lipinski definition) is 1. The second kappa shape index (κ2) is 9.48. The molecule has 0 spiro atoms. The van der Waals surface area contributed by atoms with Gasteiger partial charge in [-0.05, 0) is 97.0 Å². The van der Waals surface area contributed by atoms with Crippen LogP contribution in [0, 0.1) is 0 Å². The van der Waals surface area contributed by atoms with Crippen LogP contribution in [0.2, 0.25) is 0 Å². The lowest BCUT2D eigenvalue weighted by atomic mass is 9.94. The average Bonchev–Trinajstić information content (AvgIpc) is 2.98. The predicted molar refractivity (Wildman–Crippen MR) is 167 cm³/mol. The van der Waals surface area contributed by atoms with E-state index in [1.54, 1.807) is 0 Å². The van der Waals surface area contributed by atoms with Crippen LogP contribution in [0.5, 0.6) is 0 Å². The highest BCUT2D eigenvalue weighted by atomic mass is 79.9. The van der Waals surface area contributed by atoms with Crippen LogP contribution < -0.4 is 5.32 Å². The quantitative estimate of drug-likeness (QED) is 0.215. The summed E-state index contributed by atoms with van der Waals surface area (Å²) in [5.41, 5.74) is 7.02. The van der Waals surface area contributed by atoms with Gasteiger partial charge in [0.15, 0.2) is 0 Å². The van der Waals surface area contributed by atoms with Gasteiger partial charge in [-0.2, -0.15) is 0 Å². The Morgan fingerprint density at radius 2 is 0.842 bits per heavy atom. The highest BCUT2D eigenvalue weighted by Gasteiger charge is 2.07. The van der Waals surface area contributed by atoms with Crippen LogP contribution in [0.1, 0.15) is 0 Å². The van der Waals surface area contributed by atoms with E-state index in [9.17, 15) is 0 Å². The molecule has 0 unspecified atom stereocenters. The fourth-order valence-electron chi connectivity index (χ4n) is 5.31. The zero-order chi connectivity index (χ0) is 25.5. The van der Waals surface area contributed by atoms with Crippen LogP contribution in [0.3, 0.4) is 0 Å². The van der Waals surface area contributed by atoms with Crippen molar-refractivity contribution >= 4 is 59.6 Å². The van der Waals surface area contributed by atoms with E-state index in [1.165, 1.54) is 54.6 Å². The van der Waals surface area contributed by atoms with Gasteiger partial charge in [0.2, 0.25) is 0 Å². The van der Waals surface area contributed by atoms with Gasteiger partial charge in [-0.15, -0.1) is 0 Å². The normalized spacial score (nSPS) is 11.3. The molecule has 0 aliphatic heterocycles. The Hall–Kier alpha value is -4.40. The smallest absolute Gasteiger partial charge is 0.0384 e. The number of halogens is 1. The van der Waals surface area contributed by atoms with Crippen molar-refractivity contribution < 1.29 is 0 Å². The first-order valence-corrected chi connectivity index (χ1v) is 13.6. The van der Waals surface area contributed by atoms with Crippen molar-refractivity contribution in [3.8, 4) is 22.3 Å². The van der Waals surface area contributed by atoms with E-state index in [2.05, 4.69) is 149 Å². The third kappa shape index (κ3) is 4.23. The maximum atomic E-state index is 3.48. The number of nitrogens with one attached hydrogen (secondary N) is 1. The number of hydrogen-bond acceptors (Lipinski definition) is 1. The van der Waals surface area contributed by atoms with Crippen LogP contribution >= 0.6 is 15.9 Å². The zero-order valence-corrected chi connectivity index (χ0v) is 22.2. The van der Waals surface area contributed by atoms with E-state index >= 15 is 0 Å². The van der Waals surface area contributed by atoms with E-state index in [1.807, 2.05) is 12.1 Å². The third-order valence-electron chi connectivity index (χ3n) is 7.31. The molecule has 7 rings (SSSR count). The summed E-state index contributed by atoms with van der Waals surface area (Å²) in [7, 11) is 0. The molecular weight excluding hydrogens is 526 g/mol. The van der Waals surface area contributed by atoms with Gasteiger partial charge in [-0.1, -0.05) is 113 Å². The zero-order valence-electron chi connectivity index (χ0n) is 20.7. The molecule has 0 aliphatic carbocycles. The monoisotopic (exact) mass is 549 g/mol. The maximum absolute atomic E-state index is 3.48. The molecule has 0 saturated carbocycles. The molecule has 38 heavy (non-hydrogen) atoms. The van der Waals surface area contributed by atoms with E-state index < -0.39 is 0 Å². The van der Waals surface area contributed by atoms with Gasteiger partial charge in [0.1, 0.15) is 0 Å². The van der Waals surface area contributed by atoms with Crippen molar-refractivity contribution in [2.24, 2.45) is 0 Å². The SMILES string of the molecule is Brc1ccc(Nc2ccc(-c3ccc(-c4ccc5c(ccc6c7ccccc7ccc56)c4)cc3)cc2)cc1. The molecule has 0 radical (unpaired) electrons. The Labute approximate surface area is 230 Å². The molecule has 1 N–H and O–H groups in total. The summed E-state index contributed by atoms with van der Waals surface area (Å²) < 4.78 is 1.08. The highest BCUT2D eigenvalue weighted by Crippen LogP contribution is 2.34. The van der Waals surface area contributed by atoms with Crippen molar-refractivity contribution in [2.75, 3.05) is 5.32 Å². The molecule has 7 aromatic carbocycles. The Bertz CT molecular complexity index is 1920. The van der Waals surface area contributed by atoms with Crippen molar-refractivity contribution in [1.29, 1.82) is 0 Å². The number of benzene rings is 7. The van der Waals surface area contributed by atoms with Gasteiger partial charge in [0.25, 0.3) is 0 Å². The average molecular weight is 550 g/mol. The molecule has 0 fully saturated rings. The first-order valence-electron chi connectivity index (χ1n) is 12.8. The summed E-state index contributed by atoms with van der Waals surface area (Å²) in [4.78, 5) is 0. The number of rotatable bonds is 4. The topological polar surface area (TPSA) is 12.0 Å². The summed E-state index contributed by atoms with van der Waals surface area (Å²) in [6.45, 7) is 0. The van der Waals surface area contributed by atoms with Crippen LogP contribution in [0.4, 0.5) is 11.4 Å². The first kappa shape index (κ1) is 22.8. The van der Waals surface area contributed by atoms with Crippen LogP contribution in [0.25, 0.3) is 54.6 Å². The molecule has 0 heterocycles. The van der Waals surface area contributed by atoms with Crippen LogP contribution in [-0.4, -0.2) is 0 Å². The van der Waals surface area contributed by atoms with Crippen molar-refractivity contribution in [3.05, 3.63) is 144 Å². The van der Waals surface area contributed by atoms with Gasteiger partial charge in [-0.25, -0.2) is 0 Å². The summed E-state index contributed by atoms with van der Waals surface area (Å²) in [6, 6.07) is 50.1. The van der Waals surface area contributed by atoms with Crippen molar-refractivity contribution in [2.45, 2.75) is 0 Å². The molecule has 0 atom stereocenters. The lowest BCUT2D eigenvalue weighted by Gasteiger charge is -2.10. The summed E-state index contributed by atoms with van der Waals surface area (Å²) >= 11 is 3.48. The molecule has 0 aliphatic rings. The highest BCUT2D eigenvalue weighted by molar-refractivity contribution is 9.10. The molecule has 1 nitrogen and oxygen atoms in total. The third-order valence-corrected chi connectivity index (χ3v) is 7.84. The second-order valence-corrected chi connectivity index (χ2v) is 10.6. The molecule has 7 aromatic rings. The van der Waals surface area contributed by atoms with Gasteiger partial charge in [0.05, 0.1) is 0 Å². The molecule has 0 saturated heterocycles. The van der Waals surface area contributed by atoms with Crippen molar-refractivity contribution in [3.63, 3.8) is 0 Å². The van der Waals surface area contributed by atoms with Crippen molar-refractivity contribution in [1.82, 2.24) is 0 Å². The van der Waals surface area contributed by atoms with Gasteiger partial charge < -0.3 is 5.32 Å². The van der Waals surface area contributed by atoms with E-state index in [0.29, 0.717) is 0 Å². The Morgan fingerprint density at radius 1 is 0.368 bits per heavy atom. The van der Waals surface area contributed by atoms with E-state index in [4.69, 9.17) is 0 Å². The van der Waals surface area contributed by atoms with Crippen LogP contribution in [0.15, 0.2) is 144 Å². The molecule has 0 aromatic heterocycles. The molecule has 0 amide bonds. The Morgan fingerprint density at radius 3 is 1.53 bits per heavy atom. The maximum Gasteiger partial charge on any atom is 0.0384 e. The molecular formula is C36H24BrN. The fraction of sp³-hybridized carbons (Fsp3) is 0. The number of anilines is 2. The fourth-order valence-corrected chi connectivity index (χ4v) is 5.57. The predicted octanol–water partition coefficient (Wildman–Crippen LogP) is 11.0. The lowest BCUT2D eigenvalue weighted by Crippen LogP contribution is -1.89. The lowest BCUT2D eigenvalue weighted by molar-refractivity contribution is 1.53. The minimum Gasteiger partial charge on any atom is -0.356 e. The largest absolute Gasteiger partial charge is 0.356 e. The number of fused-ring (bicyclic) bond motifs is 5. The van der Waals surface area contributed by atoms with E-state index in [0.717, 1.165) is 15.8 Å². The minimum absolute atomic E-state index is 1.07.